The highest BCUT2D eigenvalue weighted by Crippen LogP contribution is 2.26. The molecular weight excluding hydrogens is 222 g/mol. The number of halogens is 1. The number of rotatable bonds is 2. The second-order valence-electron chi connectivity index (χ2n) is 4.83. The van der Waals surface area contributed by atoms with E-state index in [0.717, 1.165) is 36.5 Å². The number of nitrogens with zero attached hydrogens (tertiary/aromatic N) is 1. The van der Waals surface area contributed by atoms with Gasteiger partial charge >= 0.3 is 0 Å². The molecule has 1 heterocycles. The summed E-state index contributed by atoms with van der Waals surface area (Å²) in [4.78, 5) is 2.26. The van der Waals surface area contributed by atoms with E-state index in [1.165, 1.54) is 0 Å². The van der Waals surface area contributed by atoms with Gasteiger partial charge in [0.05, 0.1) is 5.60 Å². The third-order valence-electron chi connectivity index (χ3n) is 3.34. The molecule has 0 unspecified atom stereocenters. The minimum atomic E-state index is -0.544. The molecule has 1 saturated heterocycles. The molecule has 1 N–H and O–H groups in total. The summed E-state index contributed by atoms with van der Waals surface area (Å²) in [6.45, 7) is 1.94. The van der Waals surface area contributed by atoms with Crippen molar-refractivity contribution in [3.63, 3.8) is 0 Å². The maximum Gasteiger partial charge on any atom is 0.0712 e. The molecule has 0 aromatic heterocycles. The molecule has 0 amide bonds. The number of hydrogen-bond acceptors (Lipinski definition) is 2. The molecule has 1 aliphatic heterocycles. The maximum absolute atomic E-state index is 10.5. The molecule has 0 radical (unpaired) electrons. The Hall–Kier alpha value is -0.570. The van der Waals surface area contributed by atoms with Gasteiger partial charge in [-0.1, -0.05) is 23.7 Å². The van der Waals surface area contributed by atoms with Crippen molar-refractivity contribution in [1.29, 1.82) is 0 Å². The third kappa shape index (κ3) is 2.97. The summed E-state index contributed by atoms with van der Waals surface area (Å²) < 4.78 is 0. The van der Waals surface area contributed by atoms with Gasteiger partial charge in [-0.05, 0) is 37.6 Å². The summed E-state index contributed by atoms with van der Waals surface area (Å²) in [5.74, 6) is 0. The van der Waals surface area contributed by atoms with Gasteiger partial charge in [-0.2, -0.15) is 0 Å². The average molecular weight is 240 g/mol. The fourth-order valence-corrected chi connectivity index (χ4v) is 2.45. The molecule has 0 bridgehead atoms. The van der Waals surface area contributed by atoms with Crippen molar-refractivity contribution in [1.82, 2.24) is 4.90 Å². The Kier molecular flexibility index (Phi) is 3.53. The largest absolute Gasteiger partial charge is 0.389 e. The van der Waals surface area contributed by atoms with Crippen LogP contribution in [0.25, 0.3) is 0 Å². The Labute approximate surface area is 102 Å². The molecule has 0 atom stereocenters. The number of benzene rings is 1. The topological polar surface area (TPSA) is 23.5 Å². The molecule has 0 spiro atoms. The van der Waals surface area contributed by atoms with Crippen molar-refractivity contribution in [3.8, 4) is 0 Å². The first-order chi connectivity index (χ1) is 7.57. The normalized spacial score (nSPS) is 20.9. The van der Waals surface area contributed by atoms with Gasteiger partial charge in [0, 0.05) is 24.5 Å². The summed E-state index contributed by atoms with van der Waals surface area (Å²) in [7, 11) is 2.10. The first-order valence-electron chi connectivity index (χ1n) is 5.73. The Morgan fingerprint density at radius 2 is 2.06 bits per heavy atom. The second-order valence-corrected chi connectivity index (χ2v) is 5.27. The first kappa shape index (κ1) is 11.9. The van der Waals surface area contributed by atoms with Crippen LogP contribution in [0.4, 0.5) is 0 Å². The van der Waals surface area contributed by atoms with Crippen LogP contribution in [-0.4, -0.2) is 35.7 Å². The average Bonchev–Trinajstić information content (AvgIpc) is 2.23. The first-order valence-corrected chi connectivity index (χ1v) is 6.11. The van der Waals surface area contributed by atoms with Gasteiger partial charge in [0.2, 0.25) is 0 Å². The van der Waals surface area contributed by atoms with E-state index in [4.69, 9.17) is 11.6 Å². The van der Waals surface area contributed by atoms with E-state index in [1.54, 1.807) is 0 Å². The summed E-state index contributed by atoms with van der Waals surface area (Å²) in [5.41, 5.74) is 0.580. The molecule has 0 saturated carbocycles. The lowest BCUT2D eigenvalue weighted by Gasteiger charge is -2.36. The highest BCUT2D eigenvalue weighted by Gasteiger charge is 2.31. The van der Waals surface area contributed by atoms with Crippen molar-refractivity contribution < 1.29 is 5.11 Å². The molecule has 1 aromatic rings. The number of likely N-dealkylation sites (tertiary alicyclic amines) is 1. The standard InChI is InChI=1S/C13H18ClNO/c1-15-7-5-13(16,6-8-15)10-11-3-2-4-12(14)9-11/h2-4,9,16H,5-8,10H2,1H3. The van der Waals surface area contributed by atoms with E-state index in [1.807, 2.05) is 24.3 Å². The minimum Gasteiger partial charge on any atom is -0.389 e. The van der Waals surface area contributed by atoms with Gasteiger partial charge in [-0.3, -0.25) is 0 Å². The van der Waals surface area contributed by atoms with Crippen LogP contribution >= 0.6 is 11.6 Å². The molecule has 3 heteroatoms. The van der Waals surface area contributed by atoms with Gasteiger partial charge in [0.1, 0.15) is 0 Å². The fourth-order valence-electron chi connectivity index (χ4n) is 2.24. The SMILES string of the molecule is CN1CCC(O)(Cc2cccc(Cl)c2)CC1. The number of hydrogen-bond donors (Lipinski definition) is 1. The second kappa shape index (κ2) is 4.74. The van der Waals surface area contributed by atoms with Crippen LogP contribution < -0.4 is 0 Å². The third-order valence-corrected chi connectivity index (χ3v) is 3.58. The smallest absolute Gasteiger partial charge is 0.0712 e. The zero-order valence-corrected chi connectivity index (χ0v) is 10.4. The zero-order valence-electron chi connectivity index (χ0n) is 9.62. The summed E-state index contributed by atoms with van der Waals surface area (Å²) >= 11 is 5.94. The van der Waals surface area contributed by atoms with Crippen molar-refractivity contribution >= 4 is 11.6 Å². The van der Waals surface area contributed by atoms with Crippen molar-refractivity contribution in [2.24, 2.45) is 0 Å². The fraction of sp³-hybridized carbons (Fsp3) is 0.538. The van der Waals surface area contributed by atoms with E-state index in [2.05, 4.69) is 11.9 Å². The van der Waals surface area contributed by atoms with E-state index in [9.17, 15) is 5.11 Å². The van der Waals surface area contributed by atoms with Gasteiger partial charge in [0.25, 0.3) is 0 Å². The van der Waals surface area contributed by atoms with Gasteiger partial charge < -0.3 is 10.0 Å². The quantitative estimate of drug-likeness (QED) is 0.857. The predicted molar refractivity (Wildman–Crippen MR) is 66.8 cm³/mol. The van der Waals surface area contributed by atoms with Crippen molar-refractivity contribution in [3.05, 3.63) is 34.9 Å². The van der Waals surface area contributed by atoms with Gasteiger partial charge in [-0.25, -0.2) is 0 Å². The van der Waals surface area contributed by atoms with Crippen LogP contribution in [0.2, 0.25) is 5.02 Å². The van der Waals surface area contributed by atoms with E-state index >= 15 is 0 Å². The Morgan fingerprint density at radius 3 is 2.69 bits per heavy atom. The molecule has 2 nitrogen and oxygen atoms in total. The highest BCUT2D eigenvalue weighted by molar-refractivity contribution is 6.30. The van der Waals surface area contributed by atoms with Crippen LogP contribution in [0.3, 0.4) is 0 Å². The number of aliphatic hydroxyl groups is 1. The number of piperidine rings is 1. The predicted octanol–water partition coefficient (Wildman–Crippen LogP) is 2.34. The molecule has 88 valence electrons. The molecular formula is C13H18ClNO. The molecule has 16 heavy (non-hydrogen) atoms. The lowest BCUT2D eigenvalue weighted by atomic mass is 9.85. The molecule has 0 aliphatic carbocycles. The minimum absolute atomic E-state index is 0.544. The summed E-state index contributed by atoms with van der Waals surface area (Å²) in [6.07, 6.45) is 2.40. The Bertz CT molecular complexity index is 359. The van der Waals surface area contributed by atoms with Crippen molar-refractivity contribution in [2.45, 2.75) is 24.9 Å². The zero-order chi connectivity index (χ0) is 11.6. The van der Waals surface area contributed by atoms with Crippen LogP contribution in [0.1, 0.15) is 18.4 Å². The summed E-state index contributed by atoms with van der Waals surface area (Å²) in [6, 6.07) is 7.78. The van der Waals surface area contributed by atoms with E-state index < -0.39 is 5.60 Å². The van der Waals surface area contributed by atoms with Crippen LogP contribution in [0, 0.1) is 0 Å². The Balaban J connectivity index is 2.03. The monoisotopic (exact) mass is 239 g/mol. The lowest BCUT2D eigenvalue weighted by molar-refractivity contribution is -0.0150. The maximum atomic E-state index is 10.5. The highest BCUT2D eigenvalue weighted by atomic mass is 35.5. The van der Waals surface area contributed by atoms with Crippen molar-refractivity contribution in [2.75, 3.05) is 20.1 Å². The van der Waals surface area contributed by atoms with E-state index in [0.29, 0.717) is 6.42 Å². The lowest BCUT2D eigenvalue weighted by Crippen LogP contribution is -2.44. The summed E-state index contributed by atoms with van der Waals surface area (Å²) in [5, 5.41) is 11.2. The molecule has 2 rings (SSSR count). The van der Waals surface area contributed by atoms with Gasteiger partial charge in [0.15, 0.2) is 0 Å². The van der Waals surface area contributed by atoms with Crippen LogP contribution in [0.15, 0.2) is 24.3 Å². The molecule has 1 fully saturated rings. The molecule has 1 aromatic carbocycles. The Morgan fingerprint density at radius 1 is 1.38 bits per heavy atom. The van der Waals surface area contributed by atoms with Gasteiger partial charge in [-0.15, -0.1) is 0 Å². The van der Waals surface area contributed by atoms with Crippen LogP contribution in [-0.2, 0) is 6.42 Å². The van der Waals surface area contributed by atoms with Crippen LogP contribution in [0.5, 0.6) is 0 Å². The molecule has 1 aliphatic rings. The van der Waals surface area contributed by atoms with E-state index in [-0.39, 0.29) is 0 Å².